The second kappa shape index (κ2) is 12.8. The molecule has 3 aromatic rings. The first kappa shape index (κ1) is 26.8. The van der Waals surface area contributed by atoms with Gasteiger partial charge < -0.3 is 15.0 Å². The smallest absolute Gasteiger partial charge is 0.261 e. The number of amides is 2. The number of halogens is 2. The Morgan fingerprint density at radius 3 is 2.37 bits per heavy atom. The van der Waals surface area contributed by atoms with E-state index in [1.807, 2.05) is 81.4 Å². The highest BCUT2D eigenvalue weighted by atomic mass is 79.9. The summed E-state index contributed by atoms with van der Waals surface area (Å²) in [6.07, 6.45) is 0.368. The predicted octanol–water partition coefficient (Wildman–Crippen LogP) is 5.95. The number of hydrogen-bond donors (Lipinski definition) is 1. The van der Waals surface area contributed by atoms with Crippen molar-refractivity contribution in [3.05, 3.63) is 99.0 Å². The van der Waals surface area contributed by atoms with Crippen molar-refractivity contribution in [2.24, 2.45) is 0 Å². The minimum Gasteiger partial charge on any atom is -0.484 e. The Labute approximate surface area is 220 Å². The van der Waals surface area contributed by atoms with Crippen LogP contribution in [0.3, 0.4) is 0 Å². The summed E-state index contributed by atoms with van der Waals surface area (Å²) in [6, 6.07) is 21.8. The molecule has 35 heavy (non-hydrogen) atoms. The van der Waals surface area contributed by atoms with Crippen LogP contribution in [0.4, 0.5) is 0 Å². The monoisotopic (exact) mass is 556 g/mol. The van der Waals surface area contributed by atoms with Gasteiger partial charge in [0.2, 0.25) is 5.91 Å². The van der Waals surface area contributed by atoms with Crippen molar-refractivity contribution in [2.75, 3.05) is 6.61 Å². The summed E-state index contributed by atoms with van der Waals surface area (Å²) in [5.41, 5.74) is 2.72. The van der Waals surface area contributed by atoms with E-state index in [9.17, 15) is 9.59 Å². The SMILES string of the molecule is Cc1cc(OCC(=O)N(Cc2ccccc2Cl)C(Cc2ccccc2)C(=O)NC(C)C)ccc1Br. The fourth-order valence-corrected chi connectivity index (χ4v) is 4.12. The van der Waals surface area contributed by atoms with Gasteiger partial charge in [0.15, 0.2) is 6.61 Å². The number of nitrogens with one attached hydrogen (secondary N) is 1. The number of nitrogens with zero attached hydrogens (tertiary/aromatic N) is 1. The summed E-state index contributed by atoms with van der Waals surface area (Å²) >= 11 is 9.91. The van der Waals surface area contributed by atoms with Gasteiger partial charge in [-0.15, -0.1) is 0 Å². The maximum Gasteiger partial charge on any atom is 0.261 e. The number of carbonyl (C=O) groups is 2. The van der Waals surface area contributed by atoms with Gasteiger partial charge in [0.25, 0.3) is 5.91 Å². The number of rotatable bonds is 10. The average molecular weight is 558 g/mol. The van der Waals surface area contributed by atoms with Crippen LogP contribution >= 0.6 is 27.5 Å². The molecule has 0 aliphatic carbocycles. The average Bonchev–Trinajstić information content (AvgIpc) is 2.83. The summed E-state index contributed by atoms with van der Waals surface area (Å²) in [6.45, 7) is 5.73. The van der Waals surface area contributed by atoms with Crippen LogP contribution < -0.4 is 10.1 Å². The highest BCUT2D eigenvalue weighted by Gasteiger charge is 2.31. The van der Waals surface area contributed by atoms with Gasteiger partial charge >= 0.3 is 0 Å². The Morgan fingerprint density at radius 2 is 1.71 bits per heavy atom. The molecule has 5 nitrogen and oxygen atoms in total. The molecule has 1 unspecified atom stereocenters. The van der Waals surface area contributed by atoms with Crippen LogP contribution in [0.2, 0.25) is 5.02 Å². The quantitative estimate of drug-likeness (QED) is 0.335. The Hall–Kier alpha value is -2.83. The maximum absolute atomic E-state index is 13.6. The van der Waals surface area contributed by atoms with Crippen LogP contribution in [-0.2, 0) is 22.6 Å². The summed E-state index contributed by atoms with van der Waals surface area (Å²) < 4.78 is 6.80. The van der Waals surface area contributed by atoms with E-state index < -0.39 is 6.04 Å². The first-order valence-electron chi connectivity index (χ1n) is 11.5. The Balaban J connectivity index is 1.92. The summed E-state index contributed by atoms with van der Waals surface area (Å²) in [5, 5.41) is 3.51. The van der Waals surface area contributed by atoms with E-state index in [1.165, 1.54) is 0 Å². The van der Waals surface area contributed by atoms with Crippen LogP contribution in [0, 0.1) is 6.92 Å². The highest BCUT2D eigenvalue weighted by molar-refractivity contribution is 9.10. The Morgan fingerprint density at radius 1 is 1.03 bits per heavy atom. The third-order valence-corrected chi connectivity index (χ3v) is 6.75. The van der Waals surface area contributed by atoms with Crippen LogP contribution in [0.5, 0.6) is 5.75 Å². The van der Waals surface area contributed by atoms with E-state index in [0.717, 1.165) is 21.2 Å². The molecule has 184 valence electrons. The number of aryl methyl sites for hydroxylation is 1. The second-order valence-electron chi connectivity index (χ2n) is 8.68. The van der Waals surface area contributed by atoms with Gasteiger partial charge in [-0.1, -0.05) is 76.1 Å². The molecule has 0 saturated carbocycles. The van der Waals surface area contributed by atoms with E-state index in [1.54, 1.807) is 17.0 Å². The molecular weight excluding hydrogens is 528 g/mol. The predicted molar refractivity (Wildman–Crippen MR) is 144 cm³/mol. The molecule has 0 heterocycles. The van der Waals surface area contributed by atoms with Crippen LogP contribution in [0.15, 0.2) is 77.3 Å². The molecule has 7 heteroatoms. The van der Waals surface area contributed by atoms with E-state index in [0.29, 0.717) is 17.2 Å². The van der Waals surface area contributed by atoms with Crippen LogP contribution in [-0.4, -0.2) is 35.4 Å². The molecular formula is C28H30BrClN2O3. The van der Waals surface area contributed by atoms with E-state index in [-0.39, 0.29) is 31.0 Å². The topological polar surface area (TPSA) is 58.6 Å². The van der Waals surface area contributed by atoms with Crippen molar-refractivity contribution in [1.82, 2.24) is 10.2 Å². The summed E-state index contributed by atoms with van der Waals surface area (Å²) in [5.74, 6) is 0.0667. The summed E-state index contributed by atoms with van der Waals surface area (Å²) in [4.78, 5) is 28.5. The van der Waals surface area contributed by atoms with E-state index >= 15 is 0 Å². The zero-order valence-corrected chi connectivity index (χ0v) is 22.5. The molecule has 1 N–H and O–H groups in total. The largest absolute Gasteiger partial charge is 0.484 e. The lowest BCUT2D eigenvalue weighted by molar-refractivity contribution is -0.143. The number of hydrogen-bond acceptors (Lipinski definition) is 3. The van der Waals surface area contributed by atoms with Crippen LogP contribution in [0.25, 0.3) is 0 Å². The molecule has 0 bridgehead atoms. The Bertz CT molecular complexity index is 1150. The van der Waals surface area contributed by atoms with Crippen molar-refractivity contribution in [1.29, 1.82) is 0 Å². The standard InChI is InChI=1S/C28H30BrClN2O3/c1-19(2)31-28(34)26(16-21-9-5-4-6-10-21)32(17-22-11-7-8-12-25(22)30)27(33)18-35-23-13-14-24(29)20(3)15-23/h4-15,19,26H,16-18H2,1-3H3,(H,31,34). The lowest BCUT2D eigenvalue weighted by Crippen LogP contribution is -2.52. The van der Waals surface area contributed by atoms with Crippen molar-refractivity contribution in [3.63, 3.8) is 0 Å². The number of ether oxygens (including phenoxy) is 1. The molecule has 0 aliphatic rings. The van der Waals surface area contributed by atoms with E-state index in [4.69, 9.17) is 16.3 Å². The lowest BCUT2D eigenvalue weighted by Gasteiger charge is -2.32. The van der Waals surface area contributed by atoms with Crippen molar-refractivity contribution in [2.45, 2.75) is 45.8 Å². The van der Waals surface area contributed by atoms with Gasteiger partial charge in [-0.3, -0.25) is 9.59 Å². The molecule has 0 aliphatic heterocycles. The summed E-state index contributed by atoms with van der Waals surface area (Å²) in [7, 11) is 0. The maximum atomic E-state index is 13.6. The molecule has 0 aromatic heterocycles. The van der Waals surface area contributed by atoms with Gasteiger partial charge in [-0.05, 0) is 61.7 Å². The molecule has 0 saturated heterocycles. The molecule has 0 radical (unpaired) electrons. The third-order valence-electron chi connectivity index (χ3n) is 5.49. The zero-order chi connectivity index (χ0) is 25.4. The molecule has 0 spiro atoms. The fraction of sp³-hybridized carbons (Fsp3) is 0.286. The third kappa shape index (κ3) is 7.84. The normalized spacial score (nSPS) is 11.7. The Kier molecular flexibility index (Phi) is 9.75. The van der Waals surface area contributed by atoms with Gasteiger partial charge in [0, 0.05) is 28.5 Å². The molecule has 2 amide bonds. The van der Waals surface area contributed by atoms with Gasteiger partial charge in [0.1, 0.15) is 11.8 Å². The number of benzene rings is 3. The van der Waals surface area contributed by atoms with Crippen LogP contribution in [0.1, 0.15) is 30.5 Å². The van der Waals surface area contributed by atoms with Gasteiger partial charge in [0.05, 0.1) is 0 Å². The van der Waals surface area contributed by atoms with E-state index in [2.05, 4.69) is 21.2 Å². The lowest BCUT2D eigenvalue weighted by atomic mass is 10.0. The number of carbonyl (C=O) groups excluding carboxylic acids is 2. The molecule has 3 rings (SSSR count). The highest BCUT2D eigenvalue weighted by Crippen LogP contribution is 2.23. The zero-order valence-electron chi connectivity index (χ0n) is 20.1. The molecule has 3 aromatic carbocycles. The van der Waals surface area contributed by atoms with Crippen molar-refractivity contribution in [3.8, 4) is 5.75 Å². The second-order valence-corrected chi connectivity index (χ2v) is 9.94. The first-order valence-corrected chi connectivity index (χ1v) is 12.7. The minimum absolute atomic E-state index is 0.0694. The minimum atomic E-state index is -0.737. The first-order chi connectivity index (χ1) is 16.7. The fourth-order valence-electron chi connectivity index (χ4n) is 3.68. The van der Waals surface area contributed by atoms with Crippen molar-refractivity contribution >= 4 is 39.3 Å². The van der Waals surface area contributed by atoms with Crippen molar-refractivity contribution < 1.29 is 14.3 Å². The molecule has 0 fully saturated rings. The molecule has 1 atom stereocenters. The van der Waals surface area contributed by atoms with Gasteiger partial charge in [-0.25, -0.2) is 0 Å². The van der Waals surface area contributed by atoms with Gasteiger partial charge in [-0.2, -0.15) is 0 Å².